The van der Waals surface area contributed by atoms with E-state index in [4.69, 9.17) is 0 Å². The topological polar surface area (TPSA) is 17.1 Å². The van der Waals surface area contributed by atoms with Crippen molar-refractivity contribution in [2.75, 3.05) is 0 Å². The number of allylic oxidation sites excluding steroid dienone is 2. The molecule has 1 heteroatoms. The van der Waals surface area contributed by atoms with E-state index < -0.39 is 0 Å². The maximum Gasteiger partial charge on any atom is 0.146 e. The minimum Gasteiger partial charge on any atom is -0.298 e. The van der Waals surface area contributed by atoms with Crippen LogP contribution in [0.4, 0.5) is 0 Å². The highest BCUT2D eigenvalue weighted by atomic mass is 16.1. The molecule has 0 aliphatic heterocycles. The van der Waals surface area contributed by atoms with Crippen LogP contribution in [0.15, 0.2) is 11.6 Å². The average Bonchev–Trinajstić information content (AvgIpc) is 2.69. The molecule has 0 bridgehead atoms. The molecule has 0 aromatic carbocycles. The van der Waals surface area contributed by atoms with Crippen molar-refractivity contribution in [2.24, 2.45) is 23.2 Å². The van der Waals surface area contributed by atoms with Crippen LogP contribution >= 0.6 is 0 Å². The minimum atomic E-state index is 0.412. The molecule has 1 nitrogen and oxygen atoms in total. The molecule has 0 aromatic heterocycles. The monoisotopic (exact) mass is 164 g/mol. The van der Waals surface area contributed by atoms with Gasteiger partial charge in [-0.15, -0.1) is 0 Å². The Labute approximate surface area is 73.8 Å². The van der Waals surface area contributed by atoms with Gasteiger partial charge >= 0.3 is 0 Å². The molecule has 0 amide bonds. The molecule has 12 heavy (non-hydrogen) atoms. The van der Waals surface area contributed by atoms with Crippen molar-refractivity contribution in [1.82, 2.24) is 0 Å². The lowest BCUT2D eigenvalue weighted by Gasteiger charge is -2.13. The number of fused-ring (bicyclic) bond motifs is 1. The highest BCUT2D eigenvalue weighted by molar-refractivity contribution is 5.76. The Morgan fingerprint density at radius 2 is 2.33 bits per heavy atom. The van der Waals surface area contributed by atoms with E-state index in [1.165, 1.54) is 6.42 Å². The molecule has 2 rings (SSSR count). The second-order valence-electron chi connectivity index (χ2n) is 4.63. The molecule has 0 saturated heterocycles. The van der Waals surface area contributed by atoms with Gasteiger partial charge in [0.05, 0.1) is 0 Å². The van der Waals surface area contributed by atoms with E-state index in [-0.39, 0.29) is 0 Å². The van der Waals surface area contributed by atoms with Gasteiger partial charge in [0, 0.05) is 0 Å². The molecule has 2 aliphatic carbocycles. The Hall–Kier alpha value is -0.590. The van der Waals surface area contributed by atoms with Gasteiger partial charge in [-0.25, -0.2) is 0 Å². The molecule has 0 N–H and O–H groups in total. The lowest BCUT2D eigenvalue weighted by atomic mass is 9.91. The van der Waals surface area contributed by atoms with Crippen LogP contribution in [0, 0.1) is 23.2 Å². The predicted octanol–water partition coefficient (Wildman–Crippen LogP) is 2.42. The van der Waals surface area contributed by atoms with E-state index in [0.717, 1.165) is 17.8 Å². The van der Waals surface area contributed by atoms with Gasteiger partial charge in [-0.05, 0) is 35.2 Å². The second-order valence-corrected chi connectivity index (χ2v) is 4.63. The van der Waals surface area contributed by atoms with E-state index >= 15 is 0 Å². The zero-order valence-corrected chi connectivity index (χ0v) is 8.00. The van der Waals surface area contributed by atoms with Crippen LogP contribution in [0.1, 0.15) is 27.2 Å². The van der Waals surface area contributed by atoms with Crippen LogP contribution in [-0.2, 0) is 4.79 Å². The number of carbonyl (C=O) groups is 1. The number of hydrogen-bond acceptors (Lipinski definition) is 1. The molecule has 1 fully saturated rings. The summed E-state index contributed by atoms with van der Waals surface area (Å²) in [6.07, 6.45) is 4.59. The Kier molecular flexibility index (Phi) is 1.48. The van der Waals surface area contributed by atoms with Crippen LogP contribution in [0.5, 0.6) is 0 Å². The summed E-state index contributed by atoms with van der Waals surface area (Å²) in [5.41, 5.74) is 1.45. The summed E-state index contributed by atoms with van der Waals surface area (Å²) in [4.78, 5) is 10.7. The van der Waals surface area contributed by atoms with Gasteiger partial charge in [0.25, 0.3) is 0 Å². The van der Waals surface area contributed by atoms with Gasteiger partial charge < -0.3 is 0 Å². The molecule has 66 valence electrons. The molecule has 1 saturated carbocycles. The molecule has 2 aliphatic rings. The van der Waals surface area contributed by atoms with Crippen LogP contribution in [0.2, 0.25) is 0 Å². The summed E-state index contributed by atoms with van der Waals surface area (Å²) in [6, 6.07) is 0. The Bertz CT molecular complexity index is 252. The quantitative estimate of drug-likeness (QED) is 0.573. The summed E-state index contributed by atoms with van der Waals surface area (Å²) in [5.74, 6) is 1.99. The Morgan fingerprint density at radius 1 is 1.67 bits per heavy atom. The zero-order valence-electron chi connectivity index (χ0n) is 8.00. The van der Waals surface area contributed by atoms with Gasteiger partial charge in [0.1, 0.15) is 6.29 Å². The fraction of sp³-hybridized carbons (Fsp3) is 0.727. The maximum atomic E-state index is 10.7. The van der Waals surface area contributed by atoms with Crippen LogP contribution in [0.25, 0.3) is 0 Å². The first kappa shape index (κ1) is 8.03. The van der Waals surface area contributed by atoms with Gasteiger partial charge in [-0.1, -0.05) is 26.8 Å². The minimum absolute atomic E-state index is 0.412. The molecule has 0 heterocycles. The van der Waals surface area contributed by atoms with Gasteiger partial charge in [0.15, 0.2) is 0 Å². The van der Waals surface area contributed by atoms with Crippen molar-refractivity contribution in [3.63, 3.8) is 0 Å². The van der Waals surface area contributed by atoms with Gasteiger partial charge in [0.2, 0.25) is 0 Å². The van der Waals surface area contributed by atoms with Crippen molar-refractivity contribution in [1.29, 1.82) is 0 Å². The van der Waals surface area contributed by atoms with Crippen LogP contribution in [0.3, 0.4) is 0 Å². The summed E-state index contributed by atoms with van der Waals surface area (Å²) in [7, 11) is 0. The molecule has 0 spiro atoms. The molecule has 3 atom stereocenters. The number of carbonyl (C=O) groups excluding carboxylic acids is 1. The van der Waals surface area contributed by atoms with E-state index in [1.807, 2.05) is 0 Å². The first-order valence-corrected chi connectivity index (χ1v) is 4.79. The summed E-state index contributed by atoms with van der Waals surface area (Å²) < 4.78 is 0. The fourth-order valence-corrected chi connectivity index (χ4v) is 2.78. The third-order valence-corrected chi connectivity index (χ3v) is 3.88. The SMILES string of the molecule is CC1C(C=O)=CC2(C(C)C)CC12. The number of hydrogen-bond donors (Lipinski definition) is 0. The largest absolute Gasteiger partial charge is 0.298 e. The fourth-order valence-electron chi connectivity index (χ4n) is 2.78. The molecular formula is C11H16O. The highest BCUT2D eigenvalue weighted by Gasteiger charge is 2.60. The average molecular weight is 164 g/mol. The molecule has 0 aromatic rings. The number of rotatable bonds is 2. The maximum absolute atomic E-state index is 10.7. The van der Waals surface area contributed by atoms with E-state index in [9.17, 15) is 4.79 Å². The first-order valence-electron chi connectivity index (χ1n) is 4.79. The molecular weight excluding hydrogens is 148 g/mol. The summed E-state index contributed by atoms with van der Waals surface area (Å²) >= 11 is 0. The van der Waals surface area contributed by atoms with Crippen molar-refractivity contribution in [2.45, 2.75) is 27.2 Å². The Balaban J connectivity index is 2.28. The van der Waals surface area contributed by atoms with E-state index in [2.05, 4.69) is 26.8 Å². The highest BCUT2D eigenvalue weighted by Crippen LogP contribution is 2.67. The Morgan fingerprint density at radius 3 is 2.67 bits per heavy atom. The van der Waals surface area contributed by atoms with Crippen molar-refractivity contribution < 1.29 is 4.79 Å². The lowest BCUT2D eigenvalue weighted by Crippen LogP contribution is -2.07. The van der Waals surface area contributed by atoms with Crippen LogP contribution in [-0.4, -0.2) is 6.29 Å². The number of aldehydes is 1. The lowest BCUT2D eigenvalue weighted by molar-refractivity contribution is -0.105. The normalized spacial score (nSPS) is 44.2. The summed E-state index contributed by atoms with van der Waals surface area (Å²) in [6.45, 7) is 6.70. The third-order valence-electron chi connectivity index (χ3n) is 3.88. The smallest absolute Gasteiger partial charge is 0.146 e. The van der Waals surface area contributed by atoms with Crippen LogP contribution < -0.4 is 0 Å². The van der Waals surface area contributed by atoms with Crippen molar-refractivity contribution in [3.05, 3.63) is 11.6 Å². The third kappa shape index (κ3) is 0.769. The van der Waals surface area contributed by atoms with Gasteiger partial charge in [-0.3, -0.25) is 4.79 Å². The van der Waals surface area contributed by atoms with Crippen molar-refractivity contribution in [3.8, 4) is 0 Å². The predicted molar refractivity (Wildman–Crippen MR) is 48.7 cm³/mol. The summed E-state index contributed by atoms with van der Waals surface area (Å²) in [5, 5.41) is 0. The van der Waals surface area contributed by atoms with E-state index in [0.29, 0.717) is 17.3 Å². The van der Waals surface area contributed by atoms with E-state index in [1.54, 1.807) is 0 Å². The molecule has 0 radical (unpaired) electrons. The zero-order chi connectivity index (χ0) is 8.93. The van der Waals surface area contributed by atoms with Gasteiger partial charge in [-0.2, -0.15) is 0 Å². The standard InChI is InChI=1S/C11H16O/c1-7(2)11-4-9(6-12)8(3)10(11)5-11/h4,6-8,10H,5H2,1-3H3. The second kappa shape index (κ2) is 2.21. The first-order chi connectivity index (χ1) is 5.62. The molecule has 3 unspecified atom stereocenters. The van der Waals surface area contributed by atoms with Crippen molar-refractivity contribution >= 4 is 6.29 Å².